The topological polar surface area (TPSA) is 12.9 Å². The van der Waals surface area contributed by atoms with Gasteiger partial charge in [0.25, 0.3) is 0 Å². The van der Waals surface area contributed by atoms with Crippen molar-refractivity contribution in [2.75, 3.05) is 5.75 Å². The van der Waals surface area contributed by atoms with Crippen molar-refractivity contribution in [3.05, 3.63) is 30.1 Å². The van der Waals surface area contributed by atoms with Gasteiger partial charge in [0.15, 0.2) is 0 Å². The summed E-state index contributed by atoms with van der Waals surface area (Å²) in [6.07, 6.45) is 1.82. The zero-order valence-corrected chi connectivity index (χ0v) is 7.90. The third kappa shape index (κ3) is 3.45. The molecule has 0 N–H and O–H groups in total. The van der Waals surface area contributed by atoms with Crippen molar-refractivity contribution in [1.29, 1.82) is 0 Å². The smallest absolute Gasteiger partial charge is 0.0551 e. The lowest BCUT2D eigenvalue weighted by Gasteiger charge is -1.95. The molecular formula is C10H11NS. The van der Waals surface area contributed by atoms with Gasteiger partial charge in [0.05, 0.1) is 11.4 Å². The summed E-state index contributed by atoms with van der Waals surface area (Å²) < 4.78 is 0. The molecule has 1 heterocycles. The van der Waals surface area contributed by atoms with E-state index >= 15 is 0 Å². The summed E-state index contributed by atoms with van der Waals surface area (Å²) in [5, 5.41) is 0. The van der Waals surface area contributed by atoms with Gasteiger partial charge in [-0.25, -0.2) is 0 Å². The predicted octanol–water partition coefficient (Wildman–Crippen LogP) is 2.34. The summed E-state index contributed by atoms with van der Waals surface area (Å²) in [5.41, 5.74) is 1.13. The third-order valence-corrected chi connectivity index (χ3v) is 2.18. The van der Waals surface area contributed by atoms with Crippen molar-refractivity contribution in [3.63, 3.8) is 0 Å². The van der Waals surface area contributed by atoms with Crippen molar-refractivity contribution < 1.29 is 0 Å². The maximum Gasteiger partial charge on any atom is 0.0551 e. The van der Waals surface area contributed by atoms with E-state index in [0.29, 0.717) is 0 Å². The fourth-order valence-corrected chi connectivity index (χ4v) is 1.49. The molecule has 1 nitrogen and oxygen atoms in total. The Morgan fingerprint density at radius 3 is 3.08 bits per heavy atom. The number of pyridine rings is 1. The van der Waals surface area contributed by atoms with Gasteiger partial charge in [-0.1, -0.05) is 12.0 Å². The Bertz CT molecular complexity index is 271. The van der Waals surface area contributed by atoms with Gasteiger partial charge >= 0.3 is 0 Å². The van der Waals surface area contributed by atoms with E-state index in [1.807, 2.05) is 31.3 Å². The fraction of sp³-hybridized carbons (Fsp3) is 0.300. The molecule has 0 bridgehead atoms. The van der Waals surface area contributed by atoms with Crippen LogP contribution in [-0.4, -0.2) is 10.7 Å². The van der Waals surface area contributed by atoms with Crippen LogP contribution < -0.4 is 0 Å². The van der Waals surface area contributed by atoms with E-state index in [4.69, 9.17) is 0 Å². The highest BCUT2D eigenvalue weighted by Crippen LogP contribution is 2.07. The van der Waals surface area contributed by atoms with Gasteiger partial charge in [0.1, 0.15) is 0 Å². The largest absolute Gasteiger partial charge is 0.260 e. The van der Waals surface area contributed by atoms with Crippen molar-refractivity contribution in [1.82, 2.24) is 4.98 Å². The molecule has 0 atom stereocenters. The first kappa shape index (κ1) is 9.15. The first-order chi connectivity index (χ1) is 5.93. The van der Waals surface area contributed by atoms with E-state index in [2.05, 4.69) is 16.8 Å². The number of thioether (sulfide) groups is 1. The molecule has 0 aliphatic heterocycles. The molecule has 0 fully saturated rings. The first-order valence-electron chi connectivity index (χ1n) is 3.80. The Hall–Kier alpha value is -0.940. The molecule has 1 aromatic heterocycles. The summed E-state index contributed by atoms with van der Waals surface area (Å²) in [6.45, 7) is 1.86. The molecule has 0 unspecified atom stereocenters. The van der Waals surface area contributed by atoms with Crippen molar-refractivity contribution >= 4 is 11.8 Å². The second-order valence-corrected chi connectivity index (χ2v) is 3.23. The minimum Gasteiger partial charge on any atom is -0.260 e. The van der Waals surface area contributed by atoms with Crippen LogP contribution in [-0.2, 0) is 5.75 Å². The molecule has 0 radical (unpaired) electrons. The van der Waals surface area contributed by atoms with Gasteiger partial charge in [-0.15, -0.1) is 17.7 Å². The van der Waals surface area contributed by atoms with Crippen LogP contribution in [0.5, 0.6) is 0 Å². The SMILES string of the molecule is CC#CCSCc1ccccn1. The Morgan fingerprint density at radius 1 is 1.50 bits per heavy atom. The Kier molecular flexibility index (Phi) is 4.33. The highest BCUT2D eigenvalue weighted by Gasteiger charge is 1.90. The average Bonchev–Trinajstić information content (AvgIpc) is 2.14. The quantitative estimate of drug-likeness (QED) is 0.519. The zero-order valence-electron chi connectivity index (χ0n) is 7.08. The van der Waals surface area contributed by atoms with Gasteiger partial charge in [-0.05, 0) is 19.1 Å². The lowest BCUT2D eigenvalue weighted by molar-refractivity contribution is 1.18. The summed E-state index contributed by atoms with van der Waals surface area (Å²) in [4.78, 5) is 4.21. The monoisotopic (exact) mass is 177 g/mol. The van der Waals surface area contributed by atoms with E-state index in [9.17, 15) is 0 Å². The lowest BCUT2D eigenvalue weighted by atomic mass is 10.4. The molecule has 1 rings (SSSR count). The summed E-state index contributed by atoms with van der Waals surface area (Å²) >= 11 is 1.79. The van der Waals surface area contributed by atoms with Crippen LogP contribution in [0.3, 0.4) is 0 Å². The molecule has 0 saturated carbocycles. The lowest BCUT2D eigenvalue weighted by Crippen LogP contribution is -1.84. The van der Waals surface area contributed by atoms with Crippen molar-refractivity contribution in [3.8, 4) is 11.8 Å². The van der Waals surface area contributed by atoms with Crippen LogP contribution in [0.15, 0.2) is 24.4 Å². The third-order valence-electron chi connectivity index (χ3n) is 1.33. The summed E-state index contributed by atoms with van der Waals surface area (Å²) in [5.74, 6) is 7.72. The van der Waals surface area contributed by atoms with Gasteiger partial charge in [-0.2, -0.15) is 0 Å². The number of rotatable bonds is 3. The molecule has 0 amide bonds. The van der Waals surface area contributed by atoms with E-state index in [1.165, 1.54) is 0 Å². The molecule has 2 heteroatoms. The van der Waals surface area contributed by atoms with Crippen LogP contribution in [0.1, 0.15) is 12.6 Å². The van der Waals surface area contributed by atoms with E-state index in [1.54, 1.807) is 11.8 Å². The number of nitrogens with zero attached hydrogens (tertiary/aromatic N) is 1. The van der Waals surface area contributed by atoms with Gasteiger partial charge in [-0.3, -0.25) is 4.98 Å². The van der Waals surface area contributed by atoms with E-state index in [-0.39, 0.29) is 0 Å². The molecule has 12 heavy (non-hydrogen) atoms. The molecular weight excluding hydrogens is 166 g/mol. The van der Waals surface area contributed by atoms with Crippen LogP contribution in [0.25, 0.3) is 0 Å². The highest BCUT2D eigenvalue weighted by atomic mass is 32.2. The Balaban J connectivity index is 2.27. The minimum atomic E-state index is 0.896. The molecule has 0 spiro atoms. The maximum atomic E-state index is 4.21. The van der Waals surface area contributed by atoms with Gasteiger partial charge in [0.2, 0.25) is 0 Å². The van der Waals surface area contributed by atoms with E-state index < -0.39 is 0 Å². The van der Waals surface area contributed by atoms with Crippen LogP contribution in [0, 0.1) is 11.8 Å². The highest BCUT2D eigenvalue weighted by molar-refractivity contribution is 7.98. The summed E-state index contributed by atoms with van der Waals surface area (Å²) in [7, 11) is 0. The molecule has 62 valence electrons. The standard InChI is InChI=1S/C10H11NS/c1-2-3-8-12-9-10-6-4-5-7-11-10/h4-7H,8-9H2,1H3. The molecule has 1 aromatic rings. The van der Waals surface area contributed by atoms with Crippen LogP contribution >= 0.6 is 11.8 Å². The minimum absolute atomic E-state index is 0.896. The number of aromatic nitrogens is 1. The van der Waals surface area contributed by atoms with E-state index in [0.717, 1.165) is 17.2 Å². The predicted molar refractivity (Wildman–Crippen MR) is 53.8 cm³/mol. The Morgan fingerprint density at radius 2 is 2.42 bits per heavy atom. The first-order valence-corrected chi connectivity index (χ1v) is 4.96. The molecule has 0 saturated heterocycles. The van der Waals surface area contributed by atoms with Gasteiger partial charge < -0.3 is 0 Å². The number of hydrogen-bond acceptors (Lipinski definition) is 2. The Labute approximate surface area is 77.6 Å². The average molecular weight is 177 g/mol. The van der Waals surface area contributed by atoms with Crippen molar-refractivity contribution in [2.24, 2.45) is 0 Å². The number of hydrogen-bond donors (Lipinski definition) is 0. The molecule has 0 aliphatic carbocycles. The maximum absolute atomic E-state index is 4.21. The normalized spacial score (nSPS) is 8.75. The summed E-state index contributed by atoms with van der Waals surface area (Å²) in [6, 6.07) is 5.97. The zero-order chi connectivity index (χ0) is 8.65. The van der Waals surface area contributed by atoms with Crippen LogP contribution in [0.2, 0.25) is 0 Å². The second kappa shape index (κ2) is 5.68. The fourth-order valence-electron chi connectivity index (χ4n) is 0.762. The van der Waals surface area contributed by atoms with Gasteiger partial charge in [0, 0.05) is 11.9 Å². The van der Waals surface area contributed by atoms with Crippen molar-refractivity contribution in [2.45, 2.75) is 12.7 Å². The second-order valence-electron chi connectivity index (χ2n) is 2.24. The van der Waals surface area contributed by atoms with Crippen LogP contribution in [0.4, 0.5) is 0 Å². The molecule has 0 aliphatic rings. The molecule has 0 aromatic carbocycles.